The van der Waals surface area contributed by atoms with Crippen LogP contribution in [0.25, 0.3) is 0 Å². The molecule has 112 valence electrons. The summed E-state index contributed by atoms with van der Waals surface area (Å²) in [6.45, 7) is 5.71. The molecule has 2 atom stereocenters. The van der Waals surface area contributed by atoms with Gasteiger partial charge in [0, 0.05) is 17.6 Å². The fraction of sp³-hybridized carbons (Fsp3) is 0.333. The fourth-order valence-electron chi connectivity index (χ4n) is 2.46. The standard InChI is InChI=1S/C18H21F2N/c1-4-18(15-7-5-6-8-16(15)19)21-13(3)14-10-9-12(2)17(20)11-14/h5-11,13,18,21H,4H2,1-3H3. The van der Waals surface area contributed by atoms with E-state index in [0.29, 0.717) is 11.1 Å². The third-order valence-electron chi connectivity index (χ3n) is 3.84. The predicted octanol–water partition coefficient (Wildman–Crippen LogP) is 5.08. The lowest BCUT2D eigenvalue weighted by Gasteiger charge is -2.23. The van der Waals surface area contributed by atoms with Gasteiger partial charge < -0.3 is 5.32 Å². The van der Waals surface area contributed by atoms with E-state index in [0.717, 1.165) is 12.0 Å². The summed E-state index contributed by atoms with van der Waals surface area (Å²) in [7, 11) is 0. The second-order valence-corrected chi connectivity index (χ2v) is 5.38. The first kappa shape index (κ1) is 15.6. The SMILES string of the molecule is CCC(NC(C)c1ccc(C)c(F)c1)c1ccccc1F. The molecule has 21 heavy (non-hydrogen) atoms. The third kappa shape index (κ3) is 3.67. The molecule has 1 nitrogen and oxygen atoms in total. The van der Waals surface area contributed by atoms with E-state index in [1.807, 2.05) is 26.0 Å². The maximum Gasteiger partial charge on any atom is 0.127 e. The molecule has 1 N–H and O–H groups in total. The van der Waals surface area contributed by atoms with E-state index in [1.54, 1.807) is 31.2 Å². The van der Waals surface area contributed by atoms with E-state index in [-0.39, 0.29) is 23.7 Å². The summed E-state index contributed by atoms with van der Waals surface area (Å²) >= 11 is 0. The minimum absolute atomic E-state index is 0.0512. The zero-order valence-electron chi connectivity index (χ0n) is 12.7. The van der Waals surface area contributed by atoms with Gasteiger partial charge in [-0.25, -0.2) is 8.78 Å². The van der Waals surface area contributed by atoms with E-state index < -0.39 is 0 Å². The van der Waals surface area contributed by atoms with Crippen molar-refractivity contribution in [1.29, 1.82) is 0 Å². The van der Waals surface area contributed by atoms with Crippen molar-refractivity contribution in [1.82, 2.24) is 5.32 Å². The van der Waals surface area contributed by atoms with Crippen LogP contribution in [0, 0.1) is 18.6 Å². The van der Waals surface area contributed by atoms with Crippen LogP contribution in [-0.4, -0.2) is 0 Å². The number of rotatable bonds is 5. The summed E-state index contributed by atoms with van der Waals surface area (Å²) < 4.78 is 27.6. The Labute approximate surface area is 125 Å². The number of benzene rings is 2. The highest BCUT2D eigenvalue weighted by molar-refractivity contribution is 5.27. The normalized spacial score (nSPS) is 14.0. The summed E-state index contributed by atoms with van der Waals surface area (Å²) in [6.07, 6.45) is 0.764. The van der Waals surface area contributed by atoms with Crippen LogP contribution in [0.1, 0.15) is 49.0 Å². The van der Waals surface area contributed by atoms with Gasteiger partial charge in [-0.3, -0.25) is 0 Å². The van der Waals surface area contributed by atoms with Gasteiger partial charge in [-0.05, 0) is 43.5 Å². The first-order valence-corrected chi connectivity index (χ1v) is 7.29. The molecule has 3 heteroatoms. The molecule has 2 rings (SSSR count). The summed E-state index contributed by atoms with van der Waals surface area (Å²) in [5.74, 6) is -0.417. The van der Waals surface area contributed by atoms with Crippen molar-refractivity contribution in [3.05, 3.63) is 70.8 Å². The topological polar surface area (TPSA) is 12.0 Å². The van der Waals surface area contributed by atoms with Crippen LogP contribution in [0.2, 0.25) is 0 Å². The summed E-state index contributed by atoms with van der Waals surface area (Å²) in [5.41, 5.74) is 2.15. The third-order valence-corrected chi connectivity index (χ3v) is 3.84. The Morgan fingerprint density at radius 1 is 1.05 bits per heavy atom. The smallest absolute Gasteiger partial charge is 0.127 e. The van der Waals surface area contributed by atoms with Gasteiger partial charge in [0.1, 0.15) is 11.6 Å². The molecule has 0 aliphatic heterocycles. The molecule has 0 spiro atoms. The predicted molar refractivity (Wildman–Crippen MR) is 82.1 cm³/mol. The minimum atomic E-state index is -0.209. The summed E-state index contributed by atoms with van der Waals surface area (Å²) in [4.78, 5) is 0. The molecule has 0 saturated heterocycles. The van der Waals surface area contributed by atoms with Gasteiger partial charge in [-0.2, -0.15) is 0 Å². The molecule has 0 saturated carbocycles. The molecule has 0 aliphatic carbocycles. The van der Waals surface area contributed by atoms with Crippen LogP contribution >= 0.6 is 0 Å². The Morgan fingerprint density at radius 3 is 2.38 bits per heavy atom. The van der Waals surface area contributed by atoms with E-state index in [1.165, 1.54) is 6.07 Å². The van der Waals surface area contributed by atoms with Crippen LogP contribution in [0.3, 0.4) is 0 Å². The van der Waals surface area contributed by atoms with Crippen LogP contribution in [0.5, 0.6) is 0 Å². The molecule has 0 bridgehead atoms. The number of hydrogen-bond acceptors (Lipinski definition) is 1. The zero-order chi connectivity index (χ0) is 15.4. The number of aryl methyl sites for hydroxylation is 1. The lowest BCUT2D eigenvalue weighted by Crippen LogP contribution is -2.25. The highest BCUT2D eigenvalue weighted by Gasteiger charge is 2.17. The van der Waals surface area contributed by atoms with Gasteiger partial charge in [0.2, 0.25) is 0 Å². The number of hydrogen-bond donors (Lipinski definition) is 1. The van der Waals surface area contributed by atoms with Gasteiger partial charge in [-0.1, -0.05) is 37.3 Å². The van der Waals surface area contributed by atoms with Crippen molar-refractivity contribution >= 4 is 0 Å². The monoisotopic (exact) mass is 289 g/mol. The highest BCUT2D eigenvalue weighted by atomic mass is 19.1. The molecule has 2 aromatic rings. The van der Waals surface area contributed by atoms with Crippen LogP contribution < -0.4 is 5.32 Å². The molecular weight excluding hydrogens is 268 g/mol. The summed E-state index contributed by atoms with van der Waals surface area (Å²) in [6, 6.07) is 11.9. The minimum Gasteiger partial charge on any atom is -0.303 e. The zero-order valence-corrected chi connectivity index (χ0v) is 12.7. The second-order valence-electron chi connectivity index (χ2n) is 5.38. The molecule has 0 amide bonds. The quantitative estimate of drug-likeness (QED) is 0.809. The van der Waals surface area contributed by atoms with Gasteiger partial charge >= 0.3 is 0 Å². The maximum absolute atomic E-state index is 13.9. The maximum atomic E-state index is 13.9. The second kappa shape index (κ2) is 6.81. The Balaban J connectivity index is 2.18. The summed E-state index contributed by atoms with van der Waals surface area (Å²) in [5, 5.41) is 3.38. The molecule has 2 unspecified atom stereocenters. The lowest BCUT2D eigenvalue weighted by molar-refractivity contribution is 0.438. The van der Waals surface area contributed by atoms with Crippen molar-refractivity contribution in [2.45, 2.75) is 39.3 Å². The molecule has 0 aliphatic rings. The Hall–Kier alpha value is -1.74. The molecule has 0 heterocycles. The Bertz CT molecular complexity index is 610. The molecule has 0 radical (unpaired) electrons. The molecule has 0 aromatic heterocycles. The van der Waals surface area contributed by atoms with Crippen LogP contribution in [-0.2, 0) is 0 Å². The Morgan fingerprint density at radius 2 is 1.76 bits per heavy atom. The lowest BCUT2D eigenvalue weighted by atomic mass is 10.00. The van der Waals surface area contributed by atoms with Gasteiger partial charge in [0.05, 0.1) is 0 Å². The molecule has 0 fully saturated rings. The van der Waals surface area contributed by atoms with E-state index in [4.69, 9.17) is 0 Å². The first-order valence-electron chi connectivity index (χ1n) is 7.29. The van der Waals surface area contributed by atoms with Crippen molar-refractivity contribution in [3.8, 4) is 0 Å². The fourth-order valence-corrected chi connectivity index (χ4v) is 2.46. The van der Waals surface area contributed by atoms with E-state index in [9.17, 15) is 8.78 Å². The number of nitrogens with one attached hydrogen (secondary N) is 1. The van der Waals surface area contributed by atoms with E-state index >= 15 is 0 Å². The average molecular weight is 289 g/mol. The Kier molecular flexibility index (Phi) is 5.07. The van der Waals surface area contributed by atoms with Gasteiger partial charge in [-0.15, -0.1) is 0 Å². The van der Waals surface area contributed by atoms with Crippen LogP contribution in [0.4, 0.5) is 8.78 Å². The van der Waals surface area contributed by atoms with Gasteiger partial charge in [0.25, 0.3) is 0 Å². The van der Waals surface area contributed by atoms with Crippen molar-refractivity contribution in [2.75, 3.05) is 0 Å². The largest absolute Gasteiger partial charge is 0.303 e. The first-order chi connectivity index (χ1) is 10.0. The molecule has 2 aromatic carbocycles. The highest BCUT2D eigenvalue weighted by Crippen LogP contribution is 2.24. The van der Waals surface area contributed by atoms with Crippen molar-refractivity contribution in [3.63, 3.8) is 0 Å². The van der Waals surface area contributed by atoms with Crippen LogP contribution in [0.15, 0.2) is 42.5 Å². The van der Waals surface area contributed by atoms with Crippen molar-refractivity contribution < 1.29 is 8.78 Å². The number of halogens is 2. The molecular formula is C18H21F2N. The van der Waals surface area contributed by atoms with E-state index in [2.05, 4.69) is 5.32 Å². The van der Waals surface area contributed by atoms with Crippen molar-refractivity contribution in [2.24, 2.45) is 0 Å². The van der Waals surface area contributed by atoms with Gasteiger partial charge in [0.15, 0.2) is 0 Å². The average Bonchev–Trinajstić information content (AvgIpc) is 2.48.